The van der Waals surface area contributed by atoms with E-state index in [2.05, 4.69) is 44.6 Å². The highest BCUT2D eigenvalue weighted by molar-refractivity contribution is 5.78. The second-order valence-corrected chi connectivity index (χ2v) is 8.59. The van der Waals surface area contributed by atoms with Crippen LogP contribution in [0.15, 0.2) is 59.9 Å². The number of nitrogens with zero attached hydrogens (tertiary/aromatic N) is 9. The molecule has 0 saturated carbocycles. The lowest BCUT2D eigenvalue weighted by molar-refractivity contribution is 0.553. The molecule has 11 heteroatoms. The van der Waals surface area contributed by atoms with Gasteiger partial charge in [-0.05, 0) is 34.9 Å². The standard InChI is InChI=1S/C25H28N10O/c1-3-5-13-35-24(27-17-28-35)34-16-19(8-4-2)33(25(34)36)15-18-11-12-22(26-14-18)20-9-6-7-10-21(20)23-29-31-32-30-23/h6-7,9-12,14,16-17H,3-5,8,13,15H2,1-2H3,(H,29,30,31,32). The number of pyridine rings is 1. The smallest absolute Gasteiger partial charge is 0.291 e. The van der Waals surface area contributed by atoms with E-state index in [9.17, 15) is 4.79 Å². The van der Waals surface area contributed by atoms with Gasteiger partial charge in [0.2, 0.25) is 5.95 Å². The number of H-pyrrole nitrogens is 1. The molecular weight excluding hydrogens is 456 g/mol. The van der Waals surface area contributed by atoms with E-state index in [1.165, 1.54) is 6.33 Å². The number of hydrogen-bond acceptors (Lipinski definition) is 7. The fourth-order valence-corrected chi connectivity index (χ4v) is 4.25. The quantitative estimate of drug-likeness (QED) is 0.322. The largest absolute Gasteiger partial charge is 0.335 e. The molecule has 0 radical (unpaired) electrons. The summed E-state index contributed by atoms with van der Waals surface area (Å²) in [5.41, 5.74) is 4.35. The maximum atomic E-state index is 13.5. The Morgan fingerprint density at radius 3 is 2.58 bits per heavy atom. The highest BCUT2D eigenvalue weighted by atomic mass is 16.2. The molecule has 0 aliphatic heterocycles. The number of aryl methyl sites for hydroxylation is 2. The predicted molar refractivity (Wildman–Crippen MR) is 134 cm³/mol. The van der Waals surface area contributed by atoms with Gasteiger partial charge in [-0.2, -0.15) is 10.1 Å². The summed E-state index contributed by atoms with van der Waals surface area (Å²) in [7, 11) is 0. The van der Waals surface area contributed by atoms with Crippen LogP contribution in [0, 0.1) is 0 Å². The first-order chi connectivity index (χ1) is 17.7. The molecule has 0 aliphatic carbocycles. The van der Waals surface area contributed by atoms with Crippen molar-refractivity contribution in [1.29, 1.82) is 0 Å². The Bertz CT molecular complexity index is 1480. The van der Waals surface area contributed by atoms with Crippen molar-refractivity contribution in [2.24, 2.45) is 0 Å². The number of rotatable bonds is 10. The first-order valence-corrected chi connectivity index (χ1v) is 12.2. The van der Waals surface area contributed by atoms with Crippen molar-refractivity contribution in [2.45, 2.75) is 52.6 Å². The van der Waals surface area contributed by atoms with Crippen LogP contribution in [0.2, 0.25) is 0 Å². The third-order valence-electron chi connectivity index (χ3n) is 6.07. The minimum atomic E-state index is -0.128. The van der Waals surface area contributed by atoms with E-state index in [4.69, 9.17) is 4.98 Å². The van der Waals surface area contributed by atoms with Crippen LogP contribution in [0.4, 0.5) is 0 Å². The fourth-order valence-electron chi connectivity index (χ4n) is 4.25. The van der Waals surface area contributed by atoms with Crippen molar-refractivity contribution >= 4 is 0 Å². The Hall–Kier alpha value is -4.41. The molecular formula is C25H28N10O. The molecule has 0 saturated heterocycles. The van der Waals surface area contributed by atoms with Crippen molar-refractivity contribution in [3.63, 3.8) is 0 Å². The molecule has 1 aromatic carbocycles. The number of tetrazole rings is 1. The summed E-state index contributed by atoms with van der Waals surface area (Å²) in [6, 6.07) is 11.8. The predicted octanol–water partition coefficient (Wildman–Crippen LogP) is 3.27. The van der Waals surface area contributed by atoms with E-state index in [1.807, 2.05) is 48.8 Å². The van der Waals surface area contributed by atoms with Gasteiger partial charge in [0, 0.05) is 35.8 Å². The maximum absolute atomic E-state index is 13.5. The zero-order chi connectivity index (χ0) is 24.9. The lowest BCUT2D eigenvalue weighted by atomic mass is 10.0. The number of hydrogen-bond donors (Lipinski definition) is 1. The van der Waals surface area contributed by atoms with Gasteiger partial charge in [0.1, 0.15) is 6.33 Å². The molecule has 184 valence electrons. The molecule has 0 fully saturated rings. The normalized spacial score (nSPS) is 11.3. The minimum Gasteiger partial charge on any atom is -0.291 e. The minimum absolute atomic E-state index is 0.128. The summed E-state index contributed by atoms with van der Waals surface area (Å²) in [5, 5.41) is 18.5. The molecule has 1 N–H and O–H groups in total. The highest BCUT2D eigenvalue weighted by Crippen LogP contribution is 2.28. The Labute approximate surface area is 207 Å². The van der Waals surface area contributed by atoms with Crippen LogP contribution in [-0.4, -0.2) is 49.5 Å². The van der Waals surface area contributed by atoms with E-state index in [1.54, 1.807) is 13.8 Å². The van der Waals surface area contributed by atoms with Crippen molar-refractivity contribution < 1.29 is 0 Å². The van der Waals surface area contributed by atoms with E-state index in [0.717, 1.165) is 60.3 Å². The van der Waals surface area contributed by atoms with Gasteiger partial charge in [0.15, 0.2) is 5.82 Å². The summed E-state index contributed by atoms with van der Waals surface area (Å²) in [6.45, 7) is 5.38. The number of aromatic amines is 1. The SMILES string of the molecule is CCCCn1ncnc1-n1cc(CCC)n(Cc2ccc(-c3ccccc3-c3nnn[nH]3)nc2)c1=O. The zero-order valence-corrected chi connectivity index (χ0v) is 20.4. The molecule has 0 unspecified atom stereocenters. The first kappa shape index (κ1) is 23.3. The summed E-state index contributed by atoms with van der Waals surface area (Å²) >= 11 is 0. The molecule has 0 aliphatic rings. The lowest BCUT2D eigenvalue weighted by Crippen LogP contribution is -2.26. The second-order valence-electron chi connectivity index (χ2n) is 8.59. The van der Waals surface area contributed by atoms with Crippen molar-refractivity contribution in [3.8, 4) is 28.6 Å². The molecule has 0 atom stereocenters. The van der Waals surface area contributed by atoms with Crippen molar-refractivity contribution in [2.75, 3.05) is 0 Å². The molecule has 0 amide bonds. The van der Waals surface area contributed by atoms with Gasteiger partial charge in [-0.15, -0.1) is 5.10 Å². The Balaban J connectivity index is 1.45. The Morgan fingerprint density at radius 1 is 1.00 bits per heavy atom. The van der Waals surface area contributed by atoms with Gasteiger partial charge in [-0.25, -0.2) is 19.1 Å². The summed E-state index contributed by atoms with van der Waals surface area (Å²) in [4.78, 5) is 22.5. The molecule has 4 heterocycles. The summed E-state index contributed by atoms with van der Waals surface area (Å²) < 4.78 is 5.20. The molecule has 11 nitrogen and oxygen atoms in total. The Kier molecular flexibility index (Phi) is 6.78. The van der Waals surface area contributed by atoms with E-state index in [0.29, 0.717) is 18.3 Å². The van der Waals surface area contributed by atoms with Gasteiger partial charge in [0.25, 0.3) is 0 Å². The van der Waals surface area contributed by atoms with Crippen LogP contribution in [0.25, 0.3) is 28.6 Å². The van der Waals surface area contributed by atoms with Crippen LogP contribution in [0.1, 0.15) is 44.4 Å². The number of unbranched alkanes of at least 4 members (excludes halogenated alkanes) is 1. The van der Waals surface area contributed by atoms with Crippen LogP contribution in [0.5, 0.6) is 0 Å². The van der Waals surface area contributed by atoms with Gasteiger partial charge in [-0.1, -0.05) is 57.0 Å². The van der Waals surface area contributed by atoms with Crippen LogP contribution in [-0.2, 0) is 19.5 Å². The summed E-state index contributed by atoms with van der Waals surface area (Å²) in [5.74, 6) is 1.14. The van der Waals surface area contributed by atoms with E-state index in [-0.39, 0.29) is 5.69 Å². The fraction of sp³-hybridized carbons (Fsp3) is 0.320. The monoisotopic (exact) mass is 484 g/mol. The van der Waals surface area contributed by atoms with Crippen molar-refractivity contribution in [3.05, 3.63) is 76.9 Å². The highest BCUT2D eigenvalue weighted by Gasteiger charge is 2.17. The van der Waals surface area contributed by atoms with Gasteiger partial charge < -0.3 is 0 Å². The maximum Gasteiger partial charge on any atom is 0.335 e. The van der Waals surface area contributed by atoms with Gasteiger partial charge in [-0.3, -0.25) is 9.55 Å². The topological polar surface area (TPSA) is 125 Å². The third-order valence-corrected chi connectivity index (χ3v) is 6.07. The van der Waals surface area contributed by atoms with E-state index >= 15 is 0 Å². The number of benzene rings is 1. The van der Waals surface area contributed by atoms with Crippen LogP contribution >= 0.6 is 0 Å². The number of nitrogens with one attached hydrogen (secondary N) is 1. The van der Waals surface area contributed by atoms with Crippen LogP contribution < -0.4 is 5.69 Å². The lowest BCUT2D eigenvalue weighted by Gasteiger charge is -2.09. The van der Waals surface area contributed by atoms with Gasteiger partial charge >= 0.3 is 5.69 Å². The second kappa shape index (κ2) is 10.5. The van der Waals surface area contributed by atoms with E-state index < -0.39 is 0 Å². The molecule has 0 spiro atoms. The molecule has 5 rings (SSSR count). The molecule has 4 aromatic heterocycles. The molecule has 0 bridgehead atoms. The number of aromatic nitrogens is 10. The van der Waals surface area contributed by atoms with Gasteiger partial charge in [0.05, 0.1) is 12.2 Å². The summed E-state index contributed by atoms with van der Waals surface area (Å²) in [6.07, 6.45) is 8.94. The number of imidazole rings is 1. The van der Waals surface area contributed by atoms with Crippen molar-refractivity contribution in [1.82, 2.24) is 49.5 Å². The van der Waals surface area contributed by atoms with Crippen LogP contribution in [0.3, 0.4) is 0 Å². The average molecular weight is 485 g/mol. The third kappa shape index (κ3) is 4.59. The average Bonchev–Trinajstić information content (AvgIpc) is 3.66. The zero-order valence-electron chi connectivity index (χ0n) is 20.4. The molecule has 36 heavy (non-hydrogen) atoms. The molecule has 5 aromatic rings. The first-order valence-electron chi connectivity index (χ1n) is 12.2. The Morgan fingerprint density at radius 2 is 1.86 bits per heavy atom.